The quantitative estimate of drug-likeness (QED) is 0.474. The van der Waals surface area contributed by atoms with E-state index in [2.05, 4.69) is 17.8 Å². The molecular formula is C10H15NO2. The maximum Gasteiger partial charge on any atom is 0.0995 e. The molecule has 72 valence electrons. The summed E-state index contributed by atoms with van der Waals surface area (Å²) in [7, 11) is 0. The summed E-state index contributed by atoms with van der Waals surface area (Å²) in [4.78, 5) is 0. The van der Waals surface area contributed by atoms with Gasteiger partial charge >= 0.3 is 0 Å². The SMILES string of the molecule is C=C=C1CO[C@@H]2CCCC[C@]12NO. The van der Waals surface area contributed by atoms with Crippen LogP contribution in [0.5, 0.6) is 0 Å². The Morgan fingerprint density at radius 3 is 3.15 bits per heavy atom. The third-order valence-corrected chi connectivity index (χ3v) is 3.22. The molecule has 13 heavy (non-hydrogen) atoms. The number of hydrogen-bond acceptors (Lipinski definition) is 3. The standard InChI is InChI=1S/C10H15NO2/c1-2-8-7-13-9-5-3-4-6-10(8,9)11-12/h9,11-12H,1,3-7H2/t9-,10+/m1/s1. The minimum Gasteiger partial charge on any atom is -0.371 e. The number of hydrogen-bond donors (Lipinski definition) is 2. The summed E-state index contributed by atoms with van der Waals surface area (Å²) >= 11 is 0. The summed E-state index contributed by atoms with van der Waals surface area (Å²) in [6.07, 6.45) is 4.34. The van der Waals surface area contributed by atoms with Crippen molar-refractivity contribution in [2.75, 3.05) is 6.61 Å². The van der Waals surface area contributed by atoms with Gasteiger partial charge < -0.3 is 9.94 Å². The van der Waals surface area contributed by atoms with E-state index in [4.69, 9.17) is 4.74 Å². The van der Waals surface area contributed by atoms with Crippen molar-refractivity contribution in [3.05, 3.63) is 17.9 Å². The molecule has 1 heterocycles. The second-order valence-electron chi connectivity index (χ2n) is 3.78. The van der Waals surface area contributed by atoms with E-state index in [1.54, 1.807) is 0 Å². The summed E-state index contributed by atoms with van der Waals surface area (Å²) in [5.74, 6) is 0. The summed E-state index contributed by atoms with van der Waals surface area (Å²) in [5, 5.41) is 9.23. The summed E-state index contributed by atoms with van der Waals surface area (Å²) in [6.45, 7) is 4.19. The molecule has 1 aliphatic heterocycles. The van der Waals surface area contributed by atoms with E-state index in [0.717, 1.165) is 24.8 Å². The molecule has 0 aromatic heterocycles. The van der Waals surface area contributed by atoms with Gasteiger partial charge in [-0.2, -0.15) is 5.48 Å². The first kappa shape index (κ1) is 8.97. The molecule has 0 radical (unpaired) electrons. The Bertz CT molecular complexity index is 258. The highest BCUT2D eigenvalue weighted by molar-refractivity contribution is 5.26. The minimum absolute atomic E-state index is 0.107. The number of nitrogens with one attached hydrogen (secondary N) is 1. The van der Waals surface area contributed by atoms with Gasteiger partial charge in [0.15, 0.2) is 0 Å². The lowest BCUT2D eigenvalue weighted by Gasteiger charge is -2.36. The first-order valence-electron chi connectivity index (χ1n) is 4.76. The highest BCUT2D eigenvalue weighted by atomic mass is 16.5. The molecule has 0 aromatic carbocycles. The van der Waals surface area contributed by atoms with Crippen LogP contribution in [0.4, 0.5) is 0 Å². The maximum absolute atomic E-state index is 9.23. The van der Waals surface area contributed by atoms with Gasteiger partial charge in [-0.15, -0.1) is 5.73 Å². The van der Waals surface area contributed by atoms with Gasteiger partial charge in [0, 0.05) is 5.57 Å². The molecule has 3 heteroatoms. The van der Waals surface area contributed by atoms with Gasteiger partial charge in [0.2, 0.25) is 0 Å². The Balaban J connectivity index is 2.34. The largest absolute Gasteiger partial charge is 0.371 e. The predicted molar refractivity (Wildman–Crippen MR) is 48.5 cm³/mol. The molecule has 0 bridgehead atoms. The minimum atomic E-state index is -0.375. The number of hydroxylamine groups is 1. The predicted octanol–water partition coefficient (Wildman–Crippen LogP) is 1.39. The molecule has 1 saturated heterocycles. The van der Waals surface area contributed by atoms with Gasteiger partial charge in [-0.05, 0) is 12.8 Å². The number of fused-ring (bicyclic) bond motifs is 1. The fourth-order valence-corrected chi connectivity index (χ4v) is 2.43. The van der Waals surface area contributed by atoms with Crippen LogP contribution in [-0.2, 0) is 4.74 Å². The Morgan fingerprint density at radius 2 is 2.46 bits per heavy atom. The van der Waals surface area contributed by atoms with Crippen molar-refractivity contribution < 1.29 is 9.94 Å². The third-order valence-electron chi connectivity index (χ3n) is 3.22. The van der Waals surface area contributed by atoms with Crippen LogP contribution in [0.1, 0.15) is 25.7 Å². The Kier molecular flexibility index (Phi) is 2.26. The first-order chi connectivity index (χ1) is 6.33. The van der Waals surface area contributed by atoms with Crippen molar-refractivity contribution >= 4 is 0 Å². The van der Waals surface area contributed by atoms with Gasteiger partial charge in [0.25, 0.3) is 0 Å². The topological polar surface area (TPSA) is 41.5 Å². The molecular weight excluding hydrogens is 166 g/mol. The fraction of sp³-hybridized carbons (Fsp3) is 0.700. The second-order valence-corrected chi connectivity index (χ2v) is 3.78. The Hall–Kier alpha value is -0.600. The monoisotopic (exact) mass is 181 g/mol. The van der Waals surface area contributed by atoms with Crippen molar-refractivity contribution in [3.8, 4) is 0 Å². The molecule has 2 aliphatic rings. The summed E-state index contributed by atoms with van der Waals surface area (Å²) in [6, 6.07) is 0. The van der Waals surface area contributed by atoms with E-state index in [-0.39, 0.29) is 11.6 Å². The summed E-state index contributed by atoms with van der Waals surface area (Å²) < 4.78 is 5.59. The van der Waals surface area contributed by atoms with Crippen LogP contribution in [0, 0.1) is 0 Å². The van der Waals surface area contributed by atoms with E-state index in [1.807, 2.05) is 0 Å². The first-order valence-corrected chi connectivity index (χ1v) is 4.76. The summed E-state index contributed by atoms with van der Waals surface area (Å²) in [5.41, 5.74) is 5.89. The van der Waals surface area contributed by atoms with Gasteiger partial charge in [-0.1, -0.05) is 19.4 Å². The Labute approximate surface area is 78.0 Å². The normalized spacial score (nSPS) is 38.5. The lowest BCUT2D eigenvalue weighted by Crippen LogP contribution is -2.52. The maximum atomic E-state index is 9.23. The zero-order chi connectivity index (χ0) is 9.31. The van der Waals surface area contributed by atoms with Gasteiger partial charge in [0.1, 0.15) is 0 Å². The van der Waals surface area contributed by atoms with Gasteiger partial charge in [-0.3, -0.25) is 0 Å². The van der Waals surface area contributed by atoms with Crippen LogP contribution in [0.3, 0.4) is 0 Å². The van der Waals surface area contributed by atoms with Crippen LogP contribution in [0.15, 0.2) is 17.9 Å². The van der Waals surface area contributed by atoms with Crippen LogP contribution in [0.25, 0.3) is 0 Å². The fourth-order valence-electron chi connectivity index (χ4n) is 2.43. The molecule has 0 spiro atoms. The molecule has 2 N–H and O–H groups in total. The zero-order valence-corrected chi connectivity index (χ0v) is 7.68. The van der Waals surface area contributed by atoms with E-state index >= 15 is 0 Å². The lowest BCUT2D eigenvalue weighted by molar-refractivity contribution is -0.0190. The lowest BCUT2D eigenvalue weighted by atomic mass is 9.77. The average Bonchev–Trinajstić information content (AvgIpc) is 2.56. The second kappa shape index (κ2) is 3.28. The highest BCUT2D eigenvalue weighted by Gasteiger charge is 2.49. The van der Waals surface area contributed by atoms with E-state index in [0.29, 0.717) is 6.61 Å². The average molecular weight is 181 g/mol. The molecule has 2 atom stereocenters. The zero-order valence-electron chi connectivity index (χ0n) is 7.68. The van der Waals surface area contributed by atoms with Crippen molar-refractivity contribution in [1.29, 1.82) is 0 Å². The molecule has 0 amide bonds. The van der Waals surface area contributed by atoms with Crippen molar-refractivity contribution in [3.63, 3.8) is 0 Å². The van der Waals surface area contributed by atoms with Crippen molar-refractivity contribution in [1.82, 2.24) is 5.48 Å². The molecule has 1 saturated carbocycles. The molecule has 3 nitrogen and oxygen atoms in total. The van der Waals surface area contributed by atoms with Crippen LogP contribution >= 0.6 is 0 Å². The van der Waals surface area contributed by atoms with E-state index < -0.39 is 0 Å². The Morgan fingerprint density at radius 1 is 1.62 bits per heavy atom. The van der Waals surface area contributed by atoms with E-state index in [9.17, 15) is 5.21 Å². The number of rotatable bonds is 1. The smallest absolute Gasteiger partial charge is 0.0995 e. The number of ether oxygens (including phenoxy) is 1. The highest BCUT2D eigenvalue weighted by Crippen LogP contribution is 2.40. The van der Waals surface area contributed by atoms with E-state index in [1.165, 1.54) is 6.42 Å². The molecule has 0 aromatic rings. The molecule has 1 aliphatic carbocycles. The van der Waals surface area contributed by atoms with Gasteiger partial charge in [-0.25, -0.2) is 0 Å². The third kappa shape index (κ3) is 1.17. The van der Waals surface area contributed by atoms with Crippen molar-refractivity contribution in [2.24, 2.45) is 0 Å². The molecule has 2 rings (SSSR count). The molecule has 0 unspecified atom stereocenters. The van der Waals surface area contributed by atoms with Gasteiger partial charge in [0.05, 0.1) is 18.2 Å². The van der Waals surface area contributed by atoms with Crippen LogP contribution in [0.2, 0.25) is 0 Å². The van der Waals surface area contributed by atoms with Crippen LogP contribution in [-0.4, -0.2) is 23.5 Å². The van der Waals surface area contributed by atoms with Crippen molar-refractivity contribution in [2.45, 2.75) is 37.3 Å². The molecule has 2 fully saturated rings. The van der Waals surface area contributed by atoms with Crippen LogP contribution < -0.4 is 5.48 Å².